The monoisotopic (exact) mass is 584 g/mol. The number of sulfonamides is 1. The number of hydrogen-bond donors (Lipinski definition) is 2. The first-order valence-electron chi connectivity index (χ1n) is 13.0. The van der Waals surface area contributed by atoms with Crippen LogP contribution >= 0.6 is 11.6 Å². The van der Waals surface area contributed by atoms with Crippen molar-refractivity contribution in [1.29, 1.82) is 0 Å². The van der Waals surface area contributed by atoms with Crippen LogP contribution in [0.5, 0.6) is 0 Å². The molecule has 0 bridgehead atoms. The van der Waals surface area contributed by atoms with E-state index in [-0.39, 0.29) is 41.4 Å². The van der Waals surface area contributed by atoms with E-state index in [4.69, 9.17) is 11.6 Å². The molecule has 210 valence electrons. The Hall–Kier alpha value is -3.61. The van der Waals surface area contributed by atoms with E-state index < -0.39 is 28.0 Å². The first-order chi connectivity index (χ1) is 19.1. The number of piperidine rings is 1. The van der Waals surface area contributed by atoms with Gasteiger partial charge in [0.05, 0.1) is 11.1 Å². The highest BCUT2D eigenvalue weighted by molar-refractivity contribution is 7.89. The van der Waals surface area contributed by atoms with Gasteiger partial charge in [0, 0.05) is 43.1 Å². The molecule has 40 heavy (non-hydrogen) atoms. The van der Waals surface area contributed by atoms with E-state index in [0.29, 0.717) is 36.3 Å². The Morgan fingerprint density at radius 3 is 2.62 bits per heavy atom. The van der Waals surface area contributed by atoms with E-state index >= 15 is 0 Å². The number of rotatable bonds is 7. The SMILES string of the molecule is C[C@@H](C(=O)N1CCCC(NC(=O)c2cnccn2)C1)N1CC[C@H](NS(=O)(=O)c2ccc3cc(Cl)ccc3c2)C1=O. The summed E-state index contributed by atoms with van der Waals surface area (Å²) < 4.78 is 28.7. The summed E-state index contributed by atoms with van der Waals surface area (Å²) in [5, 5.41) is 4.96. The zero-order valence-electron chi connectivity index (χ0n) is 21.8. The molecule has 0 saturated carbocycles. The number of fused-ring (bicyclic) bond motifs is 1. The van der Waals surface area contributed by atoms with Crippen LogP contribution in [0.25, 0.3) is 10.8 Å². The van der Waals surface area contributed by atoms with E-state index in [1.54, 1.807) is 36.1 Å². The molecule has 1 unspecified atom stereocenters. The van der Waals surface area contributed by atoms with Gasteiger partial charge in [0.15, 0.2) is 0 Å². The highest BCUT2D eigenvalue weighted by Crippen LogP contribution is 2.24. The van der Waals surface area contributed by atoms with Gasteiger partial charge in [-0.2, -0.15) is 4.72 Å². The molecule has 2 aromatic carbocycles. The second-order valence-electron chi connectivity index (χ2n) is 10.0. The highest BCUT2D eigenvalue weighted by Gasteiger charge is 2.40. The molecule has 2 fully saturated rings. The van der Waals surface area contributed by atoms with Crippen molar-refractivity contribution >= 4 is 50.1 Å². The topological polar surface area (TPSA) is 142 Å². The van der Waals surface area contributed by atoms with Crippen LogP contribution in [0.1, 0.15) is 36.7 Å². The van der Waals surface area contributed by atoms with Crippen LogP contribution in [0.2, 0.25) is 5.02 Å². The molecule has 2 N–H and O–H groups in total. The zero-order valence-corrected chi connectivity index (χ0v) is 23.4. The van der Waals surface area contributed by atoms with Crippen molar-refractivity contribution < 1.29 is 22.8 Å². The highest BCUT2D eigenvalue weighted by atomic mass is 35.5. The van der Waals surface area contributed by atoms with Crippen molar-refractivity contribution in [3.8, 4) is 0 Å². The lowest BCUT2D eigenvalue weighted by Gasteiger charge is -2.36. The number of hydrogen-bond acceptors (Lipinski definition) is 7. The predicted molar refractivity (Wildman–Crippen MR) is 148 cm³/mol. The molecule has 2 aliphatic heterocycles. The Kier molecular flexibility index (Phi) is 8.02. The van der Waals surface area contributed by atoms with Gasteiger partial charge in [-0.05, 0) is 61.2 Å². The van der Waals surface area contributed by atoms with E-state index in [2.05, 4.69) is 20.0 Å². The van der Waals surface area contributed by atoms with E-state index in [1.807, 2.05) is 0 Å². The number of likely N-dealkylation sites (tertiary alicyclic amines) is 2. The minimum Gasteiger partial charge on any atom is -0.346 e. The van der Waals surface area contributed by atoms with E-state index in [1.165, 1.54) is 35.6 Å². The summed E-state index contributed by atoms with van der Waals surface area (Å²) in [4.78, 5) is 50.0. The Morgan fingerprint density at radius 1 is 1.07 bits per heavy atom. The Labute approximate surface area is 237 Å². The van der Waals surface area contributed by atoms with Crippen LogP contribution in [0.3, 0.4) is 0 Å². The second kappa shape index (κ2) is 11.5. The lowest BCUT2D eigenvalue weighted by atomic mass is 10.0. The standard InChI is InChI=1S/C27H29ClN6O5S/c1-17(26(36)33-11-2-3-21(16-33)31-25(35)24-15-29-9-10-30-24)34-12-8-23(27(34)37)32-40(38,39)22-7-5-18-13-20(28)6-4-19(18)14-22/h4-7,9-10,13-15,17,21,23,32H,2-3,8,11-12,16H2,1H3,(H,31,35)/t17-,21?,23-/m0/s1. The quantitative estimate of drug-likeness (QED) is 0.432. The molecule has 3 heterocycles. The molecule has 5 rings (SSSR count). The molecular formula is C27H29ClN6O5S. The fourth-order valence-electron chi connectivity index (χ4n) is 5.18. The fourth-order valence-corrected chi connectivity index (χ4v) is 6.62. The molecule has 0 spiro atoms. The van der Waals surface area contributed by atoms with Gasteiger partial charge in [0.2, 0.25) is 21.8 Å². The summed E-state index contributed by atoms with van der Waals surface area (Å²) in [7, 11) is -3.99. The van der Waals surface area contributed by atoms with Gasteiger partial charge in [0.25, 0.3) is 5.91 Å². The molecule has 2 saturated heterocycles. The number of carbonyl (C=O) groups is 3. The summed E-state index contributed by atoms with van der Waals surface area (Å²) in [5.74, 6) is -1.05. The number of nitrogens with zero attached hydrogens (tertiary/aromatic N) is 4. The maximum atomic E-state index is 13.3. The van der Waals surface area contributed by atoms with E-state index in [9.17, 15) is 22.8 Å². The summed E-state index contributed by atoms with van der Waals surface area (Å²) in [6.45, 7) is 2.70. The molecule has 1 aromatic heterocycles. The molecule has 3 aromatic rings. The van der Waals surface area contributed by atoms with Gasteiger partial charge in [-0.3, -0.25) is 19.4 Å². The molecule has 2 aliphatic rings. The first-order valence-corrected chi connectivity index (χ1v) is 14.9. The lowest BCUT2D eigenvalue weighted by molar-refractivity contribution is -0.144. The molecule has 3 atom stereocenters. The molecular weight excluding hydrogens is 556 g/mol. The zero-order chi connectivity index (χ0) is 28.4. The third kappa shape index (κ3) is 5.93. The number of aromatic nitrogens is 2. The van der Waals surface area contributed by atoms with Crippen molar-refractivity contribution in [2.75, 3.05) is 19.6 Å². The fraction of sp³-hybridized carbons (Fsp3) is 0.370. The van der Waals surface area contributed by atoms with Crippen LogP contribution in [-0.4, -0.2) is 83.7 Å². The minimum atomic E-state index is -3.99. The largest absolute Gasteiger partial charge is 0.346 e. The van der Waals surface area contributed by atoms with Crippen molar-refractivity contribution in [2.24, 2.45) is 0 Å². The van der Waals surface area contributed by atoms with Crippen molar-refractivity contribution in [3.63, 3.8) is 0 Å². The maximum absolute atomic E-state index is 13.3. The van der Waals surface area contributed by atoms with Crippen molar-refractivity contribution in [1.82, 2.24) is 29.8 Å². The summed E-state index contributed by atoms with van der Waals surface area (Å²) in [6, 6.07) is 7.83. The van der Waals surface area contributed by atoms with Gasteiger partial charge >= 0.3 is 0 Å². The molecule has 13 heteroatoms. The number of halogens is 1. The minimum absolute atomic E-state index is 0.0422. The smallest absolute Gasteiger partial charge is 0.271 e. The Balaban J connectivity index is 1.20. The van der Waals surface area contributed by atoms with Crippen LogP contribution in [-0.2, 0) is 19.6 Å². The Bertz CT molecular complexity index is 1550. The van der Waals surface area contributed by atoms with Crippen LogP contribution < -0.4 is 10.0 Å². The third-order valence-corrected chi connectivity index (χ3v) is 9.01. The van der Waals surface area contributed by atoms with Crippen LogP contribution in [0.15, 0.2) is 59.9 Å². The van der Waals surface area contributed by atoms with Crippen molar-refractivity contribution in [2.45, 2.75) is 49.2 Å². The van der Waals surface area contributed by atoms with Crippen molar-refractivity contribution in [3.05, 3.63) is 65.7 Å². The maximum Gasteiger partial charge on any atom is 0.271 e. The average Bonchev–Trinajstić information content (AvgIpc) is 3.31. The normalized spacial score (nSPS) is 20.5. The van der Waals surface area contributed by atoms with Gasteiger partial charge in [-0.15, -0.1) is 0 Å². The summed E-state index contributed by atoms with van der Waals surface area (Å²) >= 11 is 6.02. The number of benzene rings is 2. The van der Waals surface area contributed by atoms with Gasteiger partial charge in [-0.1, -0.05) is 23.7 Å². The molecule has 0 radical (unpaired) electrons. The number of carbonyl (C=O) groups excluding carboxylic acids is 3. The number of amides is 3. The second-order valence-corrected chi connectivity index (χ2v) is 12.2. The van der Waals surface area contributed by atoms with Crippen LogP contribution in [0.4, 0.5) is 0 Å². The average molecular weight is 585 g/mol. The third-order valence-electron chi connectivity index (χ3n) is 7.31. The molecule has 0 aliphatic carbocycles. The number of nitrogens with one attached hydrogen (secondary N) is 2. The van der Waals surface area contributed by atoms with E-state index in [0.717, 1.165) is 5.39 Å². The van der Waals surface area contributed by atoms with Crippen LogP contribution in [0, 0.1) is 0 Å². The molecule has 3 amide bonds. The molecule has 11 nitrogen and oxygen atoms in total. The first kappa shape index (κ1) is 27.9. The van der Waals surface area contributed by atoms with Gasteiger partial charge in [-0.25, -0.2) is 13.4 Å². The summed E-state index contributed by atoms with van der Waals surface area (Å²) in [5.41, 5.74) is 0.198. The predicted octanol–water partition coefficient (Wildman–Crippen LogP) is 1.97. The Morgan fingerprint density at radius 2 is 1.85 bits per heavy atom. The van der Waals surface area contributed by atoms with Gasteiger partial charge < -0.3 is 15.1 Å². The summed E-state index contributed by atoms with van der Waals surface area (Å²) in [6.07, 6.45) is 5.94. The lowest BCUT2D eigenvalue weighted by Crippen LogP contribution is -2.55. The van der Waals surface area contributed by atoms with Gasteiger partial charge in [0.1, 0.15) is 17.8 Å².